The molecule has 1 aromatic carbocycles. The molecular formula is C12H17NO3S2. The van der Waals surface area contributed by atoms with E-state index in [0.29, 0.717) is 0 Å². The molecule has 0 amide bonds. The van der Waals surface area contributed by atoms with Crippen LogP contribution in [0.4, 0.5) is 0 Å². The van der Waals surface area contributed by atoms with Crippen molar-refractivity contribution >= 4 is 21.9 Å². The van der Waals surface area contributed by atoms with Crippen molar-refractivity contribution in [1.82, 2.24) is 0 Å². The maximum atomic E-state index is 10.4. The minimum atomic E-state index is -4.27. The van der Waals surface area contributed by atoms with E-state index in [0.717, 1.165) is 16.9 Å². The number of hydrogen-bond acceptors (Lipinski definition) is 4. The minimum absolute atomic E-state index is 0.178. The lowest BCUT2D eigenvalue weighted by atomic mass is 10.2. The van der Waals surface area contributed by atoms with Gasteiger partial charge in [0.1, 0.15) is 10.1 Å². The lowest BCUT2D eigenvalue weighted by molar-refractivity contribution is -0.666. The molecule has 4 nitrogen and oxygen atoms in total. The molecule has 2 fully saturated rings. The highest BCUT2D eigenvalue weighted by molar-refractivity contribution is 8.00. The Hall–Kier alpha value is -0.560. The average Bonchev–Trinajstić information content (AvgIpc) is 2.93. The summed E-state index contributed by atoms with van der Waals surface area (Å²) in [6.07, 6.45) is 1.49. The molecule has 100 valence electrons. The first kappa shape index (κ1) is 13.9. The highest BCUT2D eigenvalue weighted by Gasteiger charge is 2.35. The molecule has 2 heterocycles. The van der Waals surface area contributed by atoms with Crippen LogP contribution in [0.25, 0.3) is 0 Å². The van der Waals surface area contributed by atoms with E-state index >= 15 is 0 Å². The molecule has 0 aromatic heterocycles. The number of benzene rings is 1. The van der Waals surface area contributed by atoms with Crippen molar-refractivity contribution in [3.8, 4) is 0 Å². The third-order valence-corrected chi connectivity index (χ3v) is 5.48. The van der Waals surface area contributed by atoms with Crippen LogP contribution in [0.5, 0.6) is 0 Å². The smallest absolute Gasteiger partial charge is 0.124 e. The van der Waals surface area contributed by atoms with Gasteiger partial charge in [-0.05, 0) is 19.1 Å². The fourth-order valence-corrected chi connectivity index (χ4v) is 4.00. The summed E-state index contributed by atoms with van der Waals surface area (Å²) in [6, 6.07) is 6.79. The van der Waals surface area contributed by atoms with Gasteiger partial charge in [0.15, 0.2) is 0 Å². The minimum Gasteiger partial charge on any atom is -0.744 e. The van der Waals surface area contributed by atoms with Crippen LogP contribution in [0.3, 0.4) is 0 Å². The highest BCUT2D eigenvalue weighted by Crippen LogP contribution is 2.26. The molecule has 18 heavy (non-hydrogen) atoms. The van der Waals surface area contributed by atoms with E-state index < -0.39 is 10.1 Å². The van der Waals surface area contributed by atoms with Gasteiger partial charge in [0.2, 0.25) is 0 Å². The van der Waals surface area contributed by atoms with Crippen LogP contribution < -0.4 is 5.32 Å². The number of nitrogens with two attached hydrogens (primary N) is 1. The van der Waals surface area contributed by atoms with Crippen molar-refractivity contribution in [1.29, 1.82) is 0 Å². The van der Waals surface area contributed by atoms with Crippen molar-refractivity contribution in [3.63, 3.8) is 0 Å². The molecule has 2 aliphatic rings. The average molecular weight is 287 g/mol. The Morgan fingerprint density at radius 1 is 1.33 bits per heavy atom. The van der Waals surface area contributed by atoms with Crippen molar-refractivity contribution in [2.75, 3.05) is 12.3 Å². The molecule has 0 radical (unpaired) electrons. The van der Waals surface area contributed by atoms with Crippen LogP contribution in [0, 0.1) is 6.92 Å². The maximum Gasteiger partial charge on any atom is 0.124 e. The molecule has 2 unspecified atom stereocenters. The van der Waals surface area contributed by atoms with Gasteiger partial charge in [0, 0.05) is 12.2 Å². The zero-order valence-corrected chi connectivity index (χ0v) is 11.8. The zero-order valence-electron chi connectivity index (χ0n) is 10.2. The van der Waals surface area contributed by atoms with Gasteiger partial charge in [-0.1, -0.05) is 17.7 Å². The highest BCUT2D eigenvalue weighted by atomic mass is 32.2. The SMILES string of the molecule is C1SC2C[NH2+]C1C2.Cc1ccc(S(=O)(=O)[O-])cc1. The van der Waals surface area contributed by atoms with Crippen molar-refractivity contribution < 1.29 is 18.3 Å². The van der Waals surface area contributed by atoms with Crippen LogP contribution in [-0.2, 0) is 10.1 Å². The third kappa shape index (κ3) is 3.71. The number of aryl methyl sites for hydroxylation is 1. The Labute approximate surface area is 112 Å². The summed E-state index contributed by atoms with van der Waals surface area (Å²) >= 11 is 2.16. The summed E-state index contributed by atoms with van der Waals surface area (Å²) in [7, 11) is -4.27. The van der Waals surface area contributed by atoms with E-state index in [1.807, 2.05) is 6.92 Å². The van der Waals surface area contributed by atoms with Gasteiger partial charge in [-0.2, -0.15) is 0 Å². The van der Waals surface area contributed by atoms with E-state index in [-0.39, 0.29) is 4.90 Å². The molecular weight excluding hydrogens is 270 g/mol. The molecule has 6 heteroatoms. The molecule has 3 rings (SSSR count). The second-order valence-corrected chi connectivity index (χ2v) is 7.40. The number of quaternary nitrogens is 1. The number of hydrogen-bond donors (Lipinski definition) is 1. The predicted molar refractivity (Wildman–Crippen MR) is 70.6 cm³/mol. The van der Waals surface area contributed by atoms with E-state index in [1.54, 1.807) is 12.1 Å². The summed E-state index contributed by atoms with van der Waals surface area (Å²) in [5.74, 6) is 1.42. The fourth-order valence-electron chi connectivity index (χ4n) is 2.11. The summed E-state index contributed by atoms with van der Waals surface area (Å²) in [5.41, 5.74) is 0.928. The standard InChI is InChI=1S/C7H8O3S.C5H9NS/c1-6-2-4-7(5-3-6)11(8,9)10;1-4-3-7-5(1)2-6-4/h2-5H,1H3,(H,8,9,10);4-6H,1-3H2. The summed E-state index contributed by atoms with van der Waals surface area (Å²) in [5, 5.41) is 3.52. The normalized spacial score (nSPS) is 25.7. The van der Waals surface area contributed by atoms with Gasteiger partial charge in [0.25, 0.3) is 0 Å². The summed E-state index contributed by atoms with van der Waals surface area (Å²) in [4.78, 5) is -0.178. The van der Waals surface area contributed by atoms with E-state index in [1.165, 1.54) is 30.9 Å². The molecule has 0 spiro atoms. The quantitative estimate of drug-likeness (QED) is 0.756. The molecule has 1 aromatic rings. The molecule has 2 N–H and O–H groups in total. The largest absolute Gasteiger partial charge is 0.744 e. The van der Waals surface area contributed by atoms with E-state index in [4.69, 9.17) is 0 Å². The third-order valence-electron chi connectivity index (χ3n) is 3.15. The Morgan fingerprint density at radius 2 is 2.00 bits per heavy atom. The predicted octanol–water partition coefficient (Wildman–Crippen LogP) is 0.337. The fraction of sp³-hybridized carbons (Fsp3) is 0.500. The Bertz CT molecular complexity index is 481. The summed E-state index contributed by atoms with van der Waals surface area (Å²) in [6.45, 7) is 3.22. The number of rotatable bonds is 1. The second-order valence-electron chi connectivity index (χ2n) is 4.69. The van der Waals surface area contributed by atoms with E-state index in [9.17, 15) is 13.0 Å². The lowest BCUT2D eigenvalue weighted by Crippen LogP contribution is -2.88. The molecule has 2 saturated heterocycles. The Morgan fingerprint density at radius 3 is 2.28 bits per heavy atom. The van der Waals surface area contributed by atoms with Gasteiger partial charge in [-0.25, -0.2) is 8.42 Å². The Kier molecular flexibility index (Phi) is 4.32. The topological polar surface area (TPSA) is 73.8 Å². The van der Waals surface area contributed by atoms with Gasteiger partial charge in [-0.15, -0.1) is 11.8 Å². The van der Waals surface area contributed by atoms with Crippen molar-refractivity contribution in [3.05, 3.63) is 29.8 Å². The maximum absolute atomic E-state index is 10.4. The van der Waals surface area contributed by atoms with Gasteiger partial charge in [0.05, 0.1) is 22.7 Å². The van der Waals surface area contributed by atoms with Crippen molar-refractivity contribution in [2.24, 2.45) is 0 Å². The van der Waals surface area contributed by atoms with Gasteiger partial charge in [-0.3, -0.25) is 0 Å². The first-order valence-electron chi connectivity index (χ1n) is 5.92. The second kappa shape index (κ2) is 5.61. The first-order chi connectivity index (χ1) is 8.45. The molecule has 0 saturated carbocycles. The lowest BCUT2D eigenvalue weighted by Gasteiger charge is -2.05. The molecule has 2 atom stereocenters. The van der Waals surface area contributed by atoms with Crippen LogP contribution in [0.1, 0.15) is 12.0 Å². The van der Waals surface area contributed by atoms with Crippen molar-refractivity contribution in [2.45, 2.75) is 29.5 Å². The van der Waals surface area contributed by atoms with Crippen LogP contribution in [0.15, 0.2) is 29.2 Å². The van der Waals surface area contributed by atoms with Crippen LogP contribution in [0.2, 0.25) is 0 Å². The summed E-state index contributed by atoms with van der Waals surface area (Å²) < 4.78 is 31.2. The molecule has 2 bridgehead atoms. The van der Waals surface area contributed by atoms with Gasteiger partial charge < -0.3 is 9.87 Å². The first-order valence-corrected chi connectivity index (χ1v) is 8.38. The molecule has 0 aliphatic carbocycles. The van der Waals surface area contributed by atoms with Crippen LogP contribution >= 0.6 is 11.8 Å². The monoisotopic (exact) mass is 287 g/mol. The Balaban J connectivity index is 0.000000146. The van der Waals surface area contributed by atoms with E-state index in [2.05, 4.69) is 17.1 Å². The van der Waals surface area contributed by atoms with Crippen LogP contribution in [-0.4, -0.2) is 36.6 Å². The number of thioether (sulfide) groups is 1. The van der Waals surface area contributed by atoms with Gasteiger partial charge >= 0.3 is 0 Å². The number of fused-ring (bicyclic) bond motifs is 2. The molecule has 2 aliphatic heterocycles. The zero-order chi connectivity index (χ0) is 13.2.